The van der Waals surface area contributed by atoms with Gasteiger partial charge >= 0.3 is 5.97 Å². The van der Waals surface area contributed by atoms with E-state index < -0.39 is 5.97 Å². The largest absolute Gasteiger partial charge is 0.462 e. The number of H-pyrrole nitrogens is 1. The Morgan fingerprint density at radius 2 is 2.29 bits per heavy atom. The van der Waals surface area contributed by atoms with Gasteiger partial charge in [0, 0.05) is 0 Å². The van der Waals surface area contributed by atoms with Crippen molar-refractivity contribution in [1.82, 2.24) is 10.2 Å². The Labute approximate surface area is 82.6 Å². The quantitative estimate of drug-likeness (QED) is 0.715. The van der Waals surface area contributed by atoms with Crippen LogP contribution in [0.1, 0.15) is 42.7 Å². The van der Waals surface area contributed by atoms with Crippen molar-refractivity contribution >= 4 is 11.8 Å². The van der Waals surface area contributed by atoms with E-state index in [2.05, 4.69) is 10.2 Å². The molecule has 0 bridgehead atoms. The van der Waals surface area contributed by atoms with E-state index in [4.69, 9.17) is 10.5 Å². The smallest absolute Gasteiger partial charge is 0.343 e. The number of carbonyl (C=O) groups is 1. The molecule has 5 nitrogen and oxygen atoms in total. The van der Waals surface area contributed by atoms with Gasteiger partial charge in [-0.05, 0) is 12.8 Å². The molecule has 5 heteroatoms. The summed E-state index contributed by atoms with van der Waals surface area (Å²) in [7, 11) is 0. The fraction of sp³-hybridized carbons (Fsp3) is 0.556. The normalized spacial score (nSPS) is 10.6. The summed E-state index contributed by atoms with van der Waals surface area (Å²) in [4.78, 5) is 11.5. The lowest BCUT2D eigenvalue weighted by Gasteiger charge is -2.05. The third-order valence-electron chi connectivity index (χ3n) is 1.85. The van der Waals surface area contributed by atoms with Crippen LogP contribution in [0.4, 0.5) is 5.82 Å². The van der Waals surface area contributed by atoms with Crippen LogP contribution in [0.2, 0.25) is 0 Å². The second-order valence-corrected chi connectivity index (χ2v) is 3.27. The van der Waals surface area contributed by atoms with Gasteiger partial charge in [0.05, 0.1) is 12.3 Å². The molecule has 0 unspecified atom stereocenters. The van der Waals surface area contributed by atoms with Gasteiger partial charge in [-0.2, -0.15) is 5.10 Å². The van der Waals surface area contributed by atoms with Crippen molar-refractivity contribution in [2.24, 2.45) is 0 Å². The molecule has 0 aromatic carbocycles. The molecule has 0 atom stereocenters. The Balaban J connectivity index is 3.04. The van der Waals surface area contributed by atoms with E-state index in [1.807, 2.05) is 13.8 Å². The number of hydrogen-bond acceptors (Lipinski definition) is 4. The molecule has 78 valence electrons. The molecular formula is C9H15N3O2. The third-order valence-corrected chi connectivity index (χ3v) is 1.85. The maximum atomic E-state index is 11.5. The average molecular weight is 197 g/mol. The molecule has 1 aromatic rings. The summed E-state index contributed by atoms with van der Waals surface area (Å²) in [5.41, 5.74) is 6.61. The van der Waals surface area contributed by atoms with Crippen molar-refractivity contribution in [1.29, 1.82) is 0 Å². The van der Waals surface area contributed by atoms with Crippen LogP contribution in [0.25, 0.3) is 0 Å². The van der Waals surface area contributed by atoms with Crippen molar-refractivity contribution in [3.63, 3.8) is 0 Å². The third kappa shape index (κ3) is 1.86. The summed E-state index contributed by atoms with van der Waals surface area (Å²) in [5, 5.41) is 6.55. The monoisotopic (exact) mass is 197 g/mol. The van der Waals surface area contributed by atoms with Crippen LogP contribution in [-0.4, -0.2) is 22.8 Å². The van der Waals surface area contributed by atoms with E-state index in [9.17, 15) is 4.79 Å². The number of carbonyl (C=O) groups excluding carboxylic acids is 1. The number of anilines is 1. The Hall–Kier alpha value is -1.52. The SMILES string of the molecule is CCOC(=O)c1c(C(C)C)n[nH]c1N. The van der Waals surface area contributed by atoms with Crippen LogP contribution >= 0.6 is 0 Å². The Kier molecular flexibility index (Phi) is 3.11. The summed E-state index contributed by atoms with van der Waals surface area (Å²) in [6.07, 6.45) is 0. The molecule has 0 saturated heterocycles. The Bertz CT molecular complexity index is 331. The van der Waals surface area contributed by atoms with E-state index in [1.165, 1.54) is 0 Å². The van der Waals surface area contributed by atoms with Crippen LogP contribution < -0.4 is 5.73 Å². The molecule has 0 saturated carbocycles. The zero-order chi connectivity index (χ0) is 10.7. The molecule has 1 aromatic heterocycles. The first-order chi connectivity index (χ1) is 6.57. The predicted octanol–water partition coefficient (Wildman–Crippen LogP) is 1.29. The maximum absolute atomic E-state index is 11.5. The highest BCUT2D eigenvalue weighted by molar-refractivity contribution is 5.95. The van der Waals surface area contributed by atoms with Gasteiger partial charge in [-0.25, -0.2) is 4.79 Å². The number of ether oxygens (including phenoxy) is 1. The van der Waals surface area contributed by atoms with Gasteiger partial charge < -0.3 is 10.5 Å². The molecule has 14 heavy (non-hydrogen) atoms. The molecule has 0 amide bonds. The summed E-state index contributed by atoms with van der Waals surface area (Å²) in [5.74, 6) is -0.00226. The van der Waals surface area contributed by atoms with E-state index >= 15 is 0 Å². The fourth-order valence-corrected chi connectivity index (χ4v) is 1.21. The van der Waals surface area contributed by atoms with E-state index in [1.54, 1.807) is 6.92 Å². The summed E-state index contributed by atoms with van der Waals surface area (Å²) in [6, 6.07) is 0. The number of nitrogen functional groups attached to an aromatic ring is 1. The second-order valence-electron chi connectivity index (χ2n) is 3.27. The van der Waals surface area contributed by atoms with Crippen molar-refractivity contribution < 1.29 is 9.53 Å². The molecular weight excluding hydrogens is 182 g/mol. The summed E-state index contributed by atoms with van der Waals surface area (Å²) < 4.78 is 4.88. The lowest BCUT2D eigenvalue weighted by Crippen LogP contribution is -2.09. The number of nitrogens with zero attached hydrogens (tertiary/aromatic N) is 1. The number of esters is 1. The number of aromatic amines is 1. The van der Waals surface area contributed by atoms with Crippen molar-refractivity contribution in [2.75, 3.05) is 12.3 Å². The van der Waals surface area contributed by atoms with E-state index in [-0.39, 0.29) is 11.7 Å². The Morgan fingerprint density at radius 3 is 2.79 bits per heavy atom. The highest BCUT2D eigenvalue weighted by Crippen LogP contribution is 2.21. The van der Waals surface area contributed by atoms with Gasteiger partial charge in [0.1, 0.15) is 11.4 Å². The van der Waals surface area contributed by atoms with Gasteiger partial charge in [0.25, 0.3) is 0 Å². The summed E-state index contributed by atoms with van der Waals surface area (Å²) >= 11 is 0. The lowest BCUT2D eigenvalue weighted by atomic mass is 10.1. The van der Waals surface area contributed by atoms with Crippen LogP contribution in [0.5, 0.6) is 0 Å². The van der Waals surface area contributed by atoms with Crippen molar-refractivity contribution in [2.45, 2.75) is 26.7 Å². The first-order valence-corrected chi connectivity index (χ1v) is 4.58. The molecule has 0 spiro atoms. The number of aromatic nitrogens is 2. The molecule has 1 heterocycles. The highest BCUT2D eigenvalue weighted by Gasteiger charge is 2.21. The number of rotatable bonds is 3. The topological polar surface area (TPSA) is 81.0 Å². The van der Waals surface area contributed by atoms with Gasteiger partial charge in [-0.1, -0.05) is 13.8 Å². The molecule has 1 rings (SSSR count). The van der Waals surface area contributed by atoms with Crippen molar-refractivity contribution in [3.05, 3.63) is 11.3 Å². The molecule has 0 aliphatic heterocycles. The molecule has 0 aliphatic carbocycles. The minimum Gasteiger partial charge on any atom is -0.462 e. The van der Waals surface area contributed by atoms with Crippen LogP contribution in [-0.2, 0) is 4.74 Å². The van der Waals surface area contributed by atoms with E-state index in [0.29, 0.717) is 17.9 Å². The minimum atomic E-state index is -0.414. The number of nitrogens with two attached hydrogens (primary N) is 1. The fourth-order valence-electron chi connectivity index (χ4n) is 1.21. The standard InChI is InChI=1S/C9H15N3O2/c1-4-14-9(13)6-7(5(2)3)11-12-8(6)10/h5H,4H2,1-3H3,(H3,10,11,12). The zero-order valence-corrected chi connectivity index (χ0v) is 8.63. The summed E-state index contributed by atoms with van der Waals surface area (Å²) in [6.45, 7) is 5.97. The molecule has 0 radical (unpaired) electrons. The average Bonchev–Trinajstić information content (AvgIpc) is 2.47. The first kappa shape index (κ1) is 10.6. The second kappa shape index (κ2) is 4.13. The van der Waals surface area contributed by atoms with Crippen LogP contribution in [0.3, 0.4) is 0 Å². The number of hydrogen-bond donors (Lipinski definition) is 2. The molecule has 0 fully saturated rings. The van der Waals surface area contributed by atoms with E-state index in [0.717, 1.165) is 0 Å². The van der Waals surface area contributed by atoms with Gasteiger partial charge in [0.15, 0.2) is 0 Å². The lowest BCUT2D eigenvalue weighted by molar-refractivity contribution is 0.0526. The zero-order valence-electron chi connectivity index (χ0n) is 8.63. The molecule has 0 aliphatic rings. The first-order valence-electron chi connectivity index (χ1n) is 4.58. The van der Waals surface area contributed by atoms with Gasteiger partial charge in [-0.15, -0.1) is 0 Å². The maximum Gasteiger partial charge on any atom is 0.343 e. The van der Waals surface area contributed by atoms with Crippen LogP contribution in [0, 0.1) is 0 Å². The van der Waals surface area contributed by atoms with Gasteiger partial charge in [0.2, 0.25) is 0 Å². The highest BCUT2D eigenvalue weighted by atomic mass is 16.5. The number of nitrogens with one attached hydrogen (secondary N) is 1. The predicted molar refractivity (Wildman–Crippen MR) is 53.0 cm³/mol. The Morgan fingerprint density at radius 1 is 1.64 bits per heavy atom. The minimum absolute atomic E-state index is 0.142. The van der Waals surface area contributed by atoms with Crippen LogP contribution in [0.15, 0.2) is 0 Å². The van der Waals surface area contributed by atoms with Crippen molar-refractivity contribution in [3.8, 4) is 0 Å². The van der Waals surface area contributed by atoms with Gasteiger partial charge in [-0.3, -0.25) is 5.10 Å². The molecule has 3 N–H and O–H groups in total.